The van der Waals surface area contributed by atoms with Gasteiger partial charge in [0.25, 0.3) is 5.91 Å². The monoisotopic (exact) mass is 319 g/mol. The summed E-state index contributed by atoms with van der Waals surface area (Å²) in [4.78, 5) is 20.5. The van der Waals surface area contributed by atoms with Crippen molar-refractivity contribution in [3.8, 4) is 0 Å². The number of carbonyl (C=O) groups excluding carboxylic acids is 1. The first-order valence-corrected chi connectivity index (χ1v) is 8.27. The molecule has 23 heavy (non-hydrogen) atoms. The highest BCUT2D eigenvalue weighted by Gasteiger charge is 2.44. The average Bonchev–Trinajstić information content (AvgIpc) is 2.58. The third-order valence-corrected chi connectivity index (χ3v) is 4.95. The van der Waals surface area contributed by atoms with Gasteiger partial charge in [-0.25, -0.2) is 4.98 Å². The first-order valence-electron chi connectivity index (χ1n) is 8.27. The van der Waals surface area contributed by atoms with Crippen molar-refractivity contribution in [2.75, 3.05) is 38.7 Å². The molecule has 1 atom stereocenters. The van der Waals surface area contributed by atoms with E-state index in [-0.39, 0.29) is 12.0 Å². The molecule has 1 N–H and O–H groups in total. The third kappa shape index (κ3) is 3.05. The number of aliphatic hydroxyl groups excluding tert-OH is 1. The van der Waals surface area contributed by atoms with Gasteiger partial charge in [-0.3, -0.25) is 4.79 Å². The van der Waals surface area contributed by atoms with Gasteiger partial charge in [-0.15, -0.1) is 0 Å². The number of amides is 1. The second kappa shape index (κ2) is 6.45. The summed E-state index contributed by atoms with van der Waals surface area (Å²) in [6, 6.07) is 3.61. The molecule has 6 heteroatoms. The number of piperidine rings is 1. The van der Waals surface area contributed by atoms with Gasteiger partial charge in [-0.05, 0) is 37.8 Å². The molecular weight excluding hydrogens is 294 g/mol. The van der Waals surface area contributed by atoms with Crippen LogP contribution in [-0.2, 0) is 4.74 Å². The summed E-state index contributed by atoms with van der Waals surface area (Å²) < 4.78 is 5.95. The first kappa shape index (κ1) is 16.2. The smallest absolute Gasteiger partial charge is 0.257 e. The summed E-state index contributed by atoms with van der Waals surface area (Å²) in [5.74, 6) is 0.689. The van der Waals surface area contributed by atoms with Crippen LogP contribution in [0.15, 0.2) is 18.3 Å². The van der Waals surface area contributed by atoms with Gasteiger partial charge in [-0.1, -0.05) is 0 Å². The lowest BCUT2D eigenvalue weighted by Gasteiger charge is -2.47. The van der Waals surface area contributed by atoms with E-state index in [1.165, 1.54) is 0 Å². The van der Waals surface area contributed by atoms with Crippen molar-refractivity contribution in [2.24, 2.45) is 0 Å². The SMILES string of the molecule is CN(C)C(=O)c1cccnc1N1CCC2(CC1)OCCC[C@H]2O. The Hall–Kier alpha value is -1.66. The fourth-order valence-electron chi connectivity index (χ4n) is 3.54. The van der Waals surface area contributed by atoms with Crippen molar-refractivity contribution >= 4 is 11.7 Å². The molecule has 1 spiro atoms. The van der Waals surface area contributed by atoms with Gasteiger partial charge in [0.2, 0.25) is 0 Å². The summed E-state index contributed by atoms with van der Waals surface area (Å²) >= 11 is 0. The number of nitrogens with zero attached hydrogens (tertiary/aromatic N) is 3. The van der Waals surface area contributed by atoms with Gasteiger partial charge in [0, 0.05) is 40.0 Å². The minimum absolute atomic E-state index is 0.0395. The summed E-state index contributed by atoms with van der Waals surface area (Å²) in [5, 5.41) is 10.3. The predicted octanol–water partition coefficient (Wildman–Crippen LogP) is 1.29. The number of carbonyl (C=O) groups is 1. The van der Waals surface area contributed by atoms with E-state index in [9.17, 15) is 9.90 Å². The Morgan fingerprint density at radius 3 is 2.83 bits per heavy atom. The Morgan fingerprint density at radius 1 is 1.43 bits per heavy atom. The Kier molecular flexibility index (Phi) is 4.55. The minimum Gasteiger partial charge on any atom is -0.390 e. The molecule has 6 nitrogen and oxygen atoms in total. The summed E-state index contributed by atoms with van der Waals surface area (Å²) in [7, 11) is 3.49. The predicted molar refractivity (Wildman–Crippen MR) is 87.6 cm³/mol. The summed E-state index contributed by atoms with van der Waals surface area (Å²) in [5.41, 5.74) is 0.216. The molecule has 0 unspecified atom stereocenters. The lowest BCUT2D eigenvalue weighted by Crippen LogP contribution is -2.55. The van der Waals surface area contributed by atoms with Crippen molar-refractivity contribution in [1.82, 2.24) is 9.88 Å². The molecule has 2 fully saturated rings. The fourth-order valence-corrected chi connectivity index (χ4v) is 3.54. The zero-order valence-corrected chi connectivity index (χ0v) is 13.9. The highest BCUT2D eigenvalue weighted by Crippen LogP contribution is 2.36. The van der Waals surface area contributed by atoms with E-state index in [2.05, 4.69) is 9.88 Å². The molecule has 2 aliphatic heterocycles. The van der Waals surface area contributed by atoms with Crippen LogP contribution in [0.25, 0.3) is 0 Å². The molecule has 0 radical (unpaired) electrons. The second-order valence-corrected chi connectivity index (χ2v) is 6.63. The molecule has 2 saturated heterocycles. The van der Waals surface area contributed by atoms with Gasteiger partial charge in [-0.2, -0.15) is 0 Å². The number of hydrogen-bond donors (Lipinski definition) is 1. The highest BCUT2D eigenvalue weighted by molar-refractivity contribution is 5.98. The quantitative estimate of drug-likeness (QED) is 0.890. The normalized spacial score (nSPS) is 23.8. The van der Waals surface area contributed by atoms with E-state index < -0.39 is 5.60 Å². The van der Waals surface area contributed by atoms with Crippen molar-refractivity contribution in [2.45, 2.75) is 37.4 Å². The highest BCUT2D eigenvalue weighted by atomic mass is 16.5. The molecule has 3 rings (SSSR count). The lowest BCUT2D eigenvalue weighted by molar-refractivity contribution is -0.164. The van der Waals surface area contributed by atoms with E-state index in [1.807, 2.05) is 6.07 Å². The first-order chi connectivity index (χ1) is 11.0. The molecule has 0 saturated carbocycles. The Morgan fingerprint density at radius 2 is 2.17 bits per heavy atom. The average molecular weight is 319 g/mol. The van der Waals surface area contributed by atoms with Crippen LogP contribution in [0.3, 0.4) is 0 Å². The van der Waals surface area contributed by atoms with E-state index in [1.54, 1.807) is 31.3 Å². The Bertz CT molecular complexity index is 568. The maximum Gasteiger partial charge on any atom is 0.257 e. The number of aromatic nitrogens is 1. The van der Waals surface area contributed by atoms with Crippen molar-refractivity contribution in [1.29, 1.82) is 0 Å². The van der Waals surface area contributed by atoms with Crippen LogP contribution >= 0.6 is 0 Å². The van der Waals surface area contributed by atoms with E-state index in [4.69, 9.17) is 4.74 Å². The van der Waals surface area contributed by atoms with Crippen LogP contribution < -0.4 is 4.90 Å². The Balaban J connectivity index is 1.77. The third-order valence-electron chi connectivity index (χ3n) is 4.95. The van der Waals surface area contributed by atoms with E-state index >= 15 is 0 Å². The minimum atomic E-state index is -0.407. The van der Waals surface area contributed by atoms with Crippen LogP contribution in [0.1, 0.15) is 36.0 Å². The largest absolute Gasteiger partial charge is 0.390 e. The maximum atomic E-state index is 12.3. The van der Waals surface area contributed by atoms with Gasteiger partial charge in [0.05, 0.1) is 17.3 Å². The van der Waals surface area contributed by atoms with Crippen molar-refractivity contribution < 1.29 is 14.6 Å². The zero-order valence-electron chi connectivity index (χ0n) is 13.9. The standard InChI is InChI=1S/C17H25N3O3/c1-19(2)16(22)13-5-3-9-18-15(13)20-10-7-17(8-11-20)14(21)6-4-12-23-17/h3,5,9,14,21H,4,6-8,10-12H2,1-2H3/t14-/m1/s1. The molecule has 0 aromatic carbocycles. The molecule has 1 amide bonds. The van der Waals surface area contributed by atoms with Gasteiger partial charge < -0.3 is 19.6 Å². The number of rotatable bonds is 2. The van der Waals surface area contributed by atoms with Crippen LogP contribution in [0, 0.1) is 0 Å². The topological polar surface area (TPSA) is 65.9 Å². The fraction of sp³-hybridized carbons (Fsp3) is 0.647. The zero-order chi connectivity index (χ0) is 16.4. The molecule has 0 aliphatic carbocycles. The van der Waals surface area contributed by atoms with Crippen molar-refractivity contribution in [3.63, 3.8) is 0 Å². The maximum absolute atomic E-state index is 12.3. The number of aliphatic hydroxyl groups is 1. The van der Waals surface area contributed by atoms with Crippen molar-refractivity contribution in [3.05, 3.63) is 23.9 Å². The summed E-state index contributed by atoms with van der Waals surface area (Å²) in [6.07, 6.45) is 4.60. The molecule has 0 bridgehead atoms. The number of ether oxygens (including phenoxy) is 1. The second-order valence-electron chi connectivity index (χ2n) is 6.63. The summed E-state index contributed by atoms with van der Waals surface area (Å²) in [6.45, 7) is 2.20. The van der Waals surface area contributed by atoms with Crippen LogP contribution in [0.2, 0.25) is 0 Å². The molecule has 126 valence electrons. The van der Waals surface area contributed by atoms with Crippen LogP contribution in [0.4, 0.5) is 5.82 Å². The number of anilines is 1. The van der Waals surface area contributed by atoms with Gasteiger partial charge in [0.15, 0.2) is 0 Å². The van der Waals surface area contributed by atoms with Crippen LogP contribution in [0.5, 0.6) is 0 Å². The number of pyridine rings is 1. The molecule has 1 aromatic heterocycles. The molecule has 2 aliphatic rings. The van der Waals surface area contributed by atoms with E-state index in [0.717, 1.165) is 51.2 Å². The molecular formula is C17H25N3O3. The van der Waals surface area contributed by atoms with E-state index in [0.29, 0.717) is 5.56 Å². The van der Waals surface area contributed by atoms with Gasteiger partial charge in [0.1, 0.15) is 5.82 Å². The van der Waals surface area contributed by atoms with Gasteiger partial charge >= 0.3 is 0 Å². The lowest BCUT2D eigenvalue weighted by atomic mass is 9.82. The number of hydrogen-bond acceptors (Lipinski definition) is 5. The molecule has 3 heterocycles. The van der Waals surface area contributed by atoms with Crippen LogP contribution in [-0.4, -0.2) is 66.4 Å². The molecule has 1 aromatic rings. The Labute approximate surface area is 137 Å².